The molecule has 3 aromatic rings. The molecule has 0 atom stereocenters. The molecular formula is C21H20FN3S. The summed E-state index contributed by atoms with van der Waals surface area (Å²) < 4.78 is 16.0. The Morgan fingerprint density at radius 1 is 1.19 bits per heavy atom. The third-order valence-corrected chi connectivity index (χ3v) is 4.79. The number of aromatic nitrogens is 1. The van der Waals surface area contributed by atoms with Crippen LogP contribution >= 0.6 is 11.3 Å². The Morgan fingerprint density at radius 3 is 2.77 bits per heavy atom. The SMILES string of the molecule is C=CCN=c1scc(-c2ccccc2F)n1N=Cc1cc(C)ccc1C. The Balaban J connectivity index is 2.13. The highest BCUT2D eigenvalue weighted by molar-refractivity contribution is 7.07. The van der Waals surface area contributed by atoms with Gasteiger partial charge < -0.3 is 0 Å². The lowest BCUT2D eigenvalue weighted by molar-refractivity contribution is 0.629. The molecule has 0 unspecified atom stereocenters. The van der Waals surface area contributed by atoms with Crippen LogP contribution in [0.15, 0.2) is 70.6 Å². The molecule has 0 saturated carbocycles. The van der Waals surface area contributed by atoms with E-state index in [0.717, 1.165) is 11.1 Å². The molecule has 26 heavy (non-hydrogen) atoms. The van der Waals surface area contributed by atoms with E-state index in [2.05, 4.69) is 34.9 Å². The van der Waals surface area contributed by atoms with E-state index in [9.17, 15) is 4.39 Å². The van der Waals surface area contributed by atoms with Crippen molar-refractivity contribution in [2.24, 2.45) is 10.1 Å². The molecule has 0 aliphatic rings. The van der Waals surface area contributed by atoms with Crippen molar-refractivity contribution < 1.29 is 4.39 Å². The van der Waals surface area contributed by atoms with Gasteiger partial charge in [-0.2, -0.15) is 5.10 Å². The second-order valence-corrected chi connectivity index (χ2v) is 6.77. The highest BCUT2D eigenvalue weighted by Gasteiger charge is 2.11. The highest BCUT2D eigenvalue weighted by atomic mass is 32.1. The van der Waals surface area contributed by atoms with Crippen molar-refractivity contribution in [1.29, 1.82) is 0 Å². The number of thiazole rings is 1. The van der Waals surface area contributed by atoms with Gasteiger partial charge in [-0.25, -0.2) is 9.07 Å². The zero-order valence-corrected chi connectivity index (χ0v) is 15.6. The first-order valence-electron chi connectivity index (χ1n) is 8.28. The van der Waals surface area contributed by atoms with E-state index < -0.39 is 0 Å². The molecule has 0 fully saturated rings. The van der Waals surface area contributed by atoms with Crippen molar-refractivity contribution in [2.45, 2.75) is 13.8 Å². The van der Waals surface area contributed by atoms with Crippen LogP contribution in [0.25, 0.3) is 11.3 Å². The molecule has 0 bridgehead atoms. The van der Waals surface area contributed by atoms with E-state index in [1.807, 2.05) is 25.3 Å². The van der Waals surface area contributed by atoms with Crippen LogP contribution < -0.4 is 4.80 Å². The molecule has 132 valence electrons. The molecule has 3 rings (SSSR count). The normalized spacial score (nSPS) is 12.0. The molecule has 3 nitrogen and oxygen atoms in total. The summed E-state index contributed by atoms with van der Waals surface area (Å²) in [5.74, 6) is -0.281. The van der Waals surface area contributed by atoms with E-state index in [1.54, 1.807) is 29.1 Å². The third-order valence-electron chi connectivity index (χ3n) is 3.94. The summed E-state index contributed by atoms with van der Waals surface area (Å²) in [6.07, 6.45) is 3.52. The summed E-state index contributed by atoms with van der Waals surface area (Å²) >= 11 is 1.43. The van der Waals surface area contributed by atoms with Crippen LogP contribution in [0.3, 0.4) is 0 Å². The predicted octanol–water partition coefficient (Wildman–Crippen LogP) is 4.94. The van der Waals surface area contributed by atoms with Crippen LogP contribution in [0.2, 0.25) is 0 Å². The number of hydrogen-bond acceptors (Lipinski definition) is 3. The van der Waals surface area contributed by atoms with E-state index in [0.29, 0.717) is 22.6 Å². The van der Waals surface area contributed by atoms with Gasteiger partial charge in [0, 0.05) is 10.9 Å². The predicted molar refractivity (Wildman–Crippen MR) is 107 cm³/mol. The summed E-state index contributed by atoms with van der Waals surface area (Å²) in [6.45, 7) is 8.27. The molecule has 1 aromatic heterocycles. The summed E-state index contributed by atoms with van der Waals surface area (Å²) in [5, 5.41) is 6.49. The van der Waals surface area contributed by atoms with E-state index >= 15 is 0 Å². The fraction of sp³-hybridized carbons (Fsp3) is 0.143. The number of rotatable bonds is 5. The highest BCUT2D eigenvalue weighted by Crippen LogP contribution is 2.23. The van der Waals surface area contributed by atoms with Crippen LogP contribution in [0, 0.1) is 19.7 Å². The van der Waals surface area contributed by atoms with Crippen molar-refractivity contribution in [2.75, 3.05) is 6.54 Å². The minimum Gasteiger partial charge on any atom is -0.253 e. The van der Waals surface area contributed by atoms with Crippen LogP contribution in [0.1, 0.15) is 16.7 Å². The molecule has 0 spiro atoms. The van der Waals surface area contributed by atoms with Gasteiger partial charge in [0.2, 0.25) is 4.80 Å². The van der Waals surface area contributed by atoms with Gasteiger partial charge in [-0.1, -0.05) is 42.0 Å². The van der Waals surface area contributed by atoms with Gasteiger partial charge in [-0.3, -0.25) is 4.99 Å². The van der Waals surface area contributed by atoms with Gasteiger partial charge in [0.05, 0.1) is 18.5 Å². The molecule has 0 radical (unpaired) electrons. The number of hydrogen-bond donors (Lipinski definition) is 0. The van der Waals surface area contributed by atoms with Gasteiger partial charge in [0.1, 0.15) is 5.82 Å². The van der Waals surface area contributed by atoms with Gasteiger partial charge >= 0.3 is 0 Å². The first kappa shape index (κ1) is 18.0. The Labute approximate surface area is 156 Å². The molecule has 0 amide bonds. The Bertz CT molecular complexity index is 1030. The van der Waals surface area contributed by atoms with Crippen molar-refractivity contribution in [3.8, 4) is 11.3 Å². The smallest absolute Gasteiger partial charge is 0.206 e. The largest absolute Gasteiger partial charge is 0.253 e. The Hall–Kier alpha value is -2.79. The van der Waals surface area contributed by atoms with Crippen molar-refractivity contribution in [3.63, 3.8) is 0 Å². The summed E-state index contributed by atoms with van der Waals surface area (Å²) in [4.78, 5) is 5.18. The molecule has 0 saturated heterocycles. The third kappa shape index (κ3) is 3.89. The average Bonchev–Trinajstić information content (AvgIpc) is 3.03. The van der Waals surface area contributed by atoms with Crippen LogP contribution in [0.5, 0.6) is 0 Å². The average molecular weight is 365 g/mol. The summed E-state index contributed by atoms with van der Waals surface area (Å²) in [7, 11) is 0. The van der Waals surface area contributed by atoms with Crippen molar-refractivity contribution >= 4 is 17.6 Å². The number of nitrogens with zero attached hydrogens (tertiary/aromatic N) is 3. The maximum atomic E-state index is 14.3. The minimum atomic E-state index is -0.281. The maximum absolute atomic E-state index is 14.3. The van der Waals surface area contributed by atoms with Gasteiger partial charge in [-0.15, -0.1) is 17.9 Å². The number of halogens is 1. The molecule has 1 heterocycles. The van der Waals surface area contributed by atoms with Crippen LogP contribution in [-0.4, -0.2) is 17.4 Å². The number of benzene rings is 2. The summed E-state index contributed by atoms with van der Waals surface area (Å²) in [5.41, 5.74) is 4.50. The number of aryl methyl sites for hydroxylation is 2. The van der Waals surface area contributed by atoms with Crippen LogP contribution in [0.4, 0.5) is 4.39 Å². The zero-order valence-electron chi connectivity index (χ0n) is 14.8. The first-order valence-corrected chi connectivity index (χ1v) is 9.16. The lowest BCUT2D eigenvalue weighted by atomic mass is 10.1. The zero-order chi connectivity index (χ0) is 18.5. The maximum Gasteiger partial charge on any atom is 0.206 e. The fourth-order valence-corrected chi connectivity index (χ4v) is 3.37. The monoisotopic (exact) mass is 365 g/mol. The molecule has 0 N–H and O–H groups in total. The molecule has 2 aromatic carbocycles. The van der Waals surface area contributed by atoms with E-state index in [1.165, 1.54) is 23.0 Å². The van der Waals surface area contributed by atoms with Crippen LogP contribution in [-0.2, 0) is 0 Å². The second kappa shape index (κ2) is 8.06. The quantitative estimate of drug-likeness (QED) is 0.453. The standard InChI is InChI=1S/C21H20FN3S/c1-4-11-23-21-25(24-13-17-12-15(2)9-10-16(17)3)20(14-26-21)18-7-5-6-8-19(18)22/h4-10,12-14H,1,11H2,2-3H3. The van der Waals surface area contributed by atoms with Crippen molar-refractivity contribution in [3.05, 3.63) is 87.8 Å². The fourth-order valence-electron chi connectivity index (χ4n) is 2.54. The van der Waals surface area contributed by atoms with E-state index in [-0.39, 0.29) is 5.82 Å². The van der Waals surface area contributed by atoms with Crippen molar-refractivity contribution in [1.82, 2.24) is 4.68 Å². The molecule has 5 heteroatoms. The van der Waals surface area contributed by atoms with Gasteiger partial charge in [0.25, 0.3) is 0 Å². The Kier molecular flexibility index (Phi) is 5.58. The Morgan fingerprint density at radius 2 is 2.00 bits per heavy atom. The summed E-state index contributed by atoms with van der Waals surface area (Å²) in [6, 6.07) is 12.9. The van der Waals surface area contributed by atoms with Gasteiger partial charge in [-0.05, 0) is 37.1 Å². The first-order chi connectivity index (χ1) is 12.6. The lowest BCUT2D eigenvalue weighted by Gasteiger charge is -2.06. The molecular weight excluding hydrogens is 345 g/mol. The topological polar surface area (TPSA) is 29.6 Å². The molecule has 0 aliphatic carbocycles. The van der Waals surface area contributed by atoms with Gasteiger partial charge in [0.15, 0.2) is 0 Å². The molecule has 0 aliphatic heterocycles. The second-order valence-electron chi connectivity index (χ2n) is 5.93. The lowest BCUT2D eigenvalue weighted by Crippen LogP contribution is -2.13. The van der Waals surface area contributed by atoms with E-state index in [4.69, 9.17) is 0 Å². The minimum absolute atomic E-state index is 0.281.